The van der Waals surface area contributed by atoms with E-state index in [2.05, 4.69) is 17.0 Å². The molecule has 0 spiro atoms. The number of nitrogens with zero attached hydrogens (tertiary/aromatic N) is 1. The minimum Gasteiger partial charge on any atom is -0.478 e. The Morgan fingerprint density at radius 3 is 2.74 bits per heavy atom. The fourth-order valence-corrected chi connectivity index (χ4v) is 3.15. The first-order chi connectivity index (χ1) is 10.7. The first-order valence-corrected chi connectivity index (χ1v) is 7.65. The van der Waals surface area contributed by atoms with Gasteiger partial charge < -0.3 is 15.1 Å². The van der Waals surface area contributed by atoms with Gasteiger partial charge in [-0.2, -0.15) is 0 Å². The predicted octanol–water partition coefficient (Wildman–Crippen LogP) is 2.38. The summed E-state index contributed by atoms with van der Waals surface area (Å²) in [5.41, 5.74) is 0.328. The fraction of sp³-hybridized carbons (Fsp3) is 0.556. The Balaban J connectivity index is 2.44. The molecule has 0 amide bonds. The van der Waals surface area contributed by atoms with Gasteiger partial charge in [-0.3, -0.25) is 0 Å². The van der Waals surface area contributed by atoms with Crippen molar-refractivity contribution in [1.29, 1.82) is 0 Å². The third-order valence-corrected chi connectivity index (χ3v) is 4.84. The Hall–Kier alpha value is -2.06. The van der Waals surface area contributed by atoms with Crippen molar-refractivity contribution in [2.24, 2.45) is 22.4 Å². The lowest BCUT2D eigenvalue weighted by molar-refractivity contribution is -0.131. The molecule has 0 bridgehead atoms. The van der Waals surface area contributed by atoms with E-state index in [1.807, 2.05) is 33.8 Å². The Morgan fingerprint density at radius 1 is 1.57 bits per heavy atom. The van der Waals surface area contributed by atoms with Gasteiger partial charge in [-0.05, 0) is 30.9 Å². The molecule has 2 rings (SSSR count). The number of rotatable bonds is 3. The number of fused-ring (bicyclic) bond motifs is 1. The number of allylic oxidation sites excluding steroid dienone is 2. The van der Waals surface area contributed by atoms with Crippen molar-refractivity contribution in [2.75, 3.05) is 7.11 Å². The van der Waals surface area contributed by atoms with E-state index >= 15 is 0 Å². The highest BCUT2D eigenvalue weighted by molar-refractivity contribution is 6.02. The number of carboxylic acid groups (broad SMARTS) is 1. The average molecular weight is 317 g/mol. The minimum absolute atomic E-state index is 0.0245. The Kier molecular flexibility index (Phi) is 4.41. The van der Waals surface area contributed by atoms with Crippen LogP contribution in [0.5, 0.6) is 0 Å². The third-order valence-electron chi connectivity index (χ3n) is 4.84. The van der Waals surface area contributed by atoms with Crippen LogP contribution in [0.4, 0.5) is 0 Å². The molecule has 0 radical (unpaired) electrons. The van der Waals surface area contributed by atoms with Crippen molar-refractivity contribution < 1.29 is 19.8 Å². The molecule has 5 heteroatoms. The van der Waals surface area contributed by atoms with Gasteiger partial charge in [0.1, 0.15) is 7.11 Å². The predicted molar refractivity (Wildman–Crippen MR) is 87.7 cm³/mol. The lowest BCUT2D eigenvalue weighted by atomic mass is 9.74. The molecule has 1 saturated carbocycles. The van der Waals surface area contributed by atoms with Crippen LogP contribution in [0.15, 0.2) is 28.5 Å². The lowest BCUT2D eigenvalue weighted by Gasteiger charge is -2.34. The van der Waals surface area contributed by atoms with Crippen molar-refractivity contribution in [1.82, 2.24) is 0 Å². The molecule has 2 N–H and O–H groups in total. The van der Waals surface area contributed by atoms with Gasteiger partial charge in [-0.25, -0.2) is 4.79 Å². The summed E-state index contributed by atoms with van der Waals surface area (Å²) in [5, 5.41) is 24.1. The van der Waals surface area contributed by atoms with Crippen LogP contribution < -0.4 is 0 Å². The number of aliphatic hydroxyl groups is 1. The number of carbonyl (C=O) groups is 1. The SMILES string of the molecule is CO/N=C1\C=C(C)C(O)(C#C/C(=C\C(=O)O)C(C)C)C2(C)CC12. The van der Waals surface area contributed by atoms with E-state index in [4.69, 9.17) is 9.94 Å². The minimum atomic E-state index is -1.28. The topological polar surface area (TPSA) is 79.1 Å². The van der Waals surface area contributed by atoms with Crippen LogP contribution in [-0.2, 0) is 9.63 Å². The summed E-state index contributed by atoms with van der Waals surface area (Å²) in [6.07, 6.45) is 3.69. The van der Waals surface area contributed by atoms with Crippen LogP contribution in [0, 0.1) is 29.1 Å². The zero-order valence-corrected chi connectivity index (χ0v) is 14.2. The number of hydrogen-bond donors (Lipinski definition) is 2. The summed E-state index contributed by atoms with van der Waals surface area (Å²) in [7, 11) is 1.50. The van der Waals surface area contributed by atoms with Gasteiger partial charge in [0.25, 0.3) is 0 Å². The summed E-state index contributed by atoms with van der Waals surface area (Å²) in [5.74, 6) is 4.88. The maximum Gasteiger partial charge on any atom is 0.329 e. The van der Waals surface area contributed by atoms with Crippen LogP contribution in [0.3, 0.4) is 0 Å². The van der Waals surface area contributed by atoms with Gasteiger partial charge in [0.2, 0.25) is 0 Å². The summed E-state index contributed by atoms with van der Waals surface area (Å²) >= 11 is 0. The maximum atomic E-state index is 11.1. The number of oxime groups is 1. The second kappa shape index (κ2) is 5.86. The molecule has 2 aliphatic rings. The smallest absolute Gasteiger partial charge is 0.329 e. The normalized spacial score (nSPS) is 34.4. The molecule has 3 unspecified atom stereocenters. The second-order valence-electron chi connectivity index (χ2n) is 6.75. The van der Waals surface area contributed by atoms with Crippen molar-refractivity contribution in [3.63, 3.8) is 0 Å². The molecule has 5 nitrogen and oxygen atoms in total. The van der Waals surface area contributed by atoms with Crippen LogP contribution in [-0.4, -0.2) is 34.6 Å². The molecule has 0 aromatic carbocycles. The van der Waals surface area contributed by atoms with E-state index in [0.29, 0.717) is 11.1 Å². The molecule has 0 aliphatic heterocycles. The van der Waals surface area contributed by atoms with Crippen LogP contribution in [0.25, 0.3) is 0 Å². The summed E-state index contributed by atoms with van der Waals surface area (Å²) in [4.78, 5) is 15.8. The third kappa shape index (κ3) is 2.91. The highest BCUT2D eigenvalue weighted by Crippen LogP contribution is 2.64. The van der Waals surface area contributed by atoms with Crippen molar-refractivity contribution in [3.8, 4) is 11.8 Å². The highest BCUT2D eigenvalue weighted by Gasteiger charge is 2.67. The molecule has 23 heavy (non-hydrogen) atoms. The fourth-order valence-electron chi connectivity index (χ4n) is 3.15. The van der Waals surface area contributed by atoms with Crippen molar-refractivity contribution in [3.05, 3.63) is 23.3 Å². The number of aliphatic carboxylic acids is 1. The van der Waals surface area contributed by atoms with Gasteiger partial charge in [-0.15, -0.1) is 0 Å². The molecule has 1 fully saturated rings. The van der Waals surface area contributed by atoms with Crippen LogP contribution in [0.1, 0.15) is 34.1 Å². The Bertz CT molecular complexity index is 677. The van der Waals surface area contributed by atoms with Gasteiger partial charge in [0.15, 0.2) is 5.60 Å². The van der Waals surface area contributed by atoms with E-state index in [1.54, 1.807) is 0 Å². The van der Waals surface area contributed by atoms with E-state index in [0.717, 1.165) is 18.2 Å². The molecule has 0 heterocycles. The number of carboxylic acids is 1. The monoisotopic (exact) mass is 317 g/mol. The van der Waals surface area contributed by atoms with Crippen molar-refractivity contribution in [2.45, 2.75) is 39.7 Å². The summed E-state index contributed by atoms with van der Waals surface area (Å²) in [6.45, 7) is 7.55. The zero-order valence-electron chi connectivity index (χ0n) is 14.2. The Morgan fingerprint density at radius 2 is 2.22 bits per heavy atom. The molecule has 0 aromatic heterocycles. The quantitative estimate of drug-likeness (QED) is 0.476. The van der Waals surface area contributed by atoms with Gasteiger partial charge in [-0.1, -0.05) is 37.8 Å². The largest absolute Gasteiger partial charge is 0.478 e. The van der Waals surface area contributed by atoms with E-state index < -0.39 is 17.0 Å². The van der Waals surface area contributed by atoms with Gasteiger partial charge >= 0.3 is 5.97 Å². The van der Waals surface area contributed by atoms with Gasteiger partial charge in [0.05, 0.1) is 5.71 Å². The first-order valence-electron chi connectivity index (χ1n) is 7.65. The average Bonchev–Trinajstić information content (AvgIpc) is 3.15. The van der Waals surface area contributed by atoms with Crippen LogP contribution in [0.2, 0.25) is 0 Å². The molecule has 2 aliphatic carbocycles. The van der Waals surface area contributed by atoms with E-state index in [9.17, 15) is 9.90 Å². The molecule has 124 valence electrons. The first kappa shape index (κ1) is 17.3. The van der Waals surface area contributed by atoms with Gasteiger partial charge in [0, 0.05) is 23.0 Å². The summed E-state index contributed by atoms with van der Waals surface area (Å²) in [6, 6.07) is 0. The molecule has 0 aromatic rings. The van der Waals surface area contributed by atoms with E-state index in [-0.39, 0.29) is 11.8 Å². The van der Waals surface area contributed by atoms with Crippen LogP contribution >= 0.6 is 0 Å². The zero-order chi connectivity index (χ0) is 17.4. The second-order valence-corrected chi connectivity index (χ2v) is 6.75. The number of hydrogen-bond acceptors (Lipinski definition) is 4. The van der Waals surface area contributed by atoms with Crippen molar-refractivity contribution >= 4 is 11.7 Å². The lowest BCUT2D eigenvalue weighted by Crippen LogP contribution is -2.42. The molecular formula is C18H23NO4. The summed E-state index contributed by atoms with van der Waals surface area (Å²) < 4.78 is 0. The molecule has 3 atom stereocenters. The van der Waals surface area contributed by atoms with E-state index in [1.165, 1.54) is 7.11 Å². The Labute approximate surface area is 136 Å². The maximum absolute atomic E-state index is 11.1. The molecule has 0 saturated heterocycles. The standard InChI is InChI=1S/C18H23NO4/c1-11(2)13(9-16(20)21)6-7-18(22)12(3)8-15(19-23-5)14-10-17(14,18)4/h8-9,11,14,22H,10H2,1-5H3,(H,20,21)/b13-9+,19-15+. The highest BCUT2D eigenvalue weighted by atomic mass is 16.6. The molecular weight excluding hydrogens is 294 g/mol.